The molecule has 0 amide bonds. The monoisotopic (exact) mass is 153 g/mol. The molecule has 1 fully saturated rings. The van der Waals surface area contributed by atoms with E-state index in [-0.39, 0.29) is 0 Å². The standard InChI is InChI=1S/C6H7N3O2/c7-9-8-4-2-1-3-5(10)6(4)11/h4H,1-3H2. The molecule has 1 atom stereocenters. The second-order valence-corrected chi connectivity index (χ2v) is 2.40. The molecule has 1 aliphatic rings. The highest BCUT2D eigenvalue weighted by Crippen LogP contribution is 2.14. The Morgan fingerprint density at radius 1 is 1.55 bits per heavy atom. The van der Waals surface area contributed by atoms with Gasteiger partial charge in [0.15, 0.2) is 5.78 Å². The number of Topliss-reactive ketones (excluding diaryl/α,β-unsaturated/α-hetero) is 2. The fourth-order valence-electron chi connectivity index (χ4n) is 1.07. The summed E-state index contributed by atoms with van der Waals surface area (Å²) in [5.41, 5.74) is 8.02. The predicted molar refractivity (Wildman–Crippen MR) is 36.8 cm³/mol. The highest BCUT2D eigenvalue weighted by molar-refractivity contribution is 6.39. The van der Waals surface area contributed by atoms with Gasteiger partial charge in [0, 0.05) is 11.3 Å². The maximum Gasteiger partial charge on any atom is 0.207 e. The van der Waals surface area contributed by atoms with Gasteiger partial charge in [-0.25, -0.2) is 0 Å². The molecule has 1 saturated carbocycles. The van der Waals surface area contributed by atoms with Crippen molar-refractivity contribution in [3.8, 4) is 0 Å². The van der Waals surface area contributed by atoms with Crippen molar-refractivity contribution in [2.45, 2.75) is 25.3 Å². The Hall–Kier alpha value is -1.35. The number of nitrogens with zero attached hydrogens (tertiary/aromatic N) is 3. The first-order valence-electron chi connectivity index (χ1n) is 3.37. The Bertz CT molecular complexity index is 242. The molecule has 5 nitrogen and oxygen atoms in total. The molecule has 0 aromatic carbocycles. The zero-order valence-electron chi connectivity index (χ0n) is 5.86. The van der Waals surface area contributed by atoms with E-state index in [4.69, 9.17) is 5.53 Å². The Kier molecular flexibility index (Phi) is 2.23. The SMILES string of the molecule is [N-]=[N+]=NC1CCCC(=O)C1=O. The quantitative estimate of drug-likeness (QED) is 0.243. The maximum atomic E-state index is 10.9. The van der Waals surface area contributed by atoms with Gasteiger partial charge < -0.3 is 0 Å². The summed E-state index contributed by atoms with van der Waals surface area (Å²) in [6.07, 6.45) is 1.46. The van der Waals surface area contributed by atoms with E-state index >= 15 is 0 Å². The molecule has 0 bridgehead atoms. The lowest BCUT2D eigenvalue weighted by Crippen LogP contribution is -2.30. The summed E-state index contributed by atoms with van der Waals surface area (Å²) in [7, 11) is 0. The number of carbonyl (C=O) groups excluding carboxylic acids is 2. The van der Waals surface area contributed by atoms with Crippen LogP contribution in [0.25, 0.3) is 10.4 Å². The van der Waals surface area contributed by atoms with Crippen LogP contribution in [0.5, 0.6) is 0 Å². The molecule has 11 heavy (non-hydrogen) atoms. The van der Waals surface area contributed by atoms with Crippen LogP contribution in [0.3, 0.4) is 0 Å². The summed E-state index contributed by atoms with van der Waals surface area (Å²) in [5.74, 6) is -0.942. The van der Waals surface area contributed by atoms with E-state index in [1.54, 1.807) is 0 Å². The smallest absolute Gasteiger partial charge is 0.207 e. The summed E-state index contributed by atoms with van der Waals surface area (Å²) in [4.78, 5) is 24.1. The number of ketones is 2. The van der Waals surface area contributed by atoms with E-state index in [2.05, 4.69) is 10.0 Å². The normalized spacial score (nSPS) is 24.5. The van der Waals surface area contributed by atoms with Gasteiger partial charge in [0.25, 0.3) is 0 Å². The number of hydrogen-bond acceptors (Lipinski definition) is 3. The van der Waals surface area contributed by atoms with Crippen LogP contribution in [-0.2, 0) is 9.59 Å². The minimum Gasteiger partial charge on any atom is -0.291 e. The molecule has 1 unspecified atom stereocenters. The Labute approximate surface area is 63.0 Å². The van der Waals surface area contributed by atoms with Gasteiger partial charge in [-0.2, -0.15) is 0 Å². The molecule has 0 N–H and O–H groups in total. The Balaban J connectivity index is 2.73. The molecule has 0 aromatic heterocycles. The molecule has 0 aliphatic heterocycles. The van der Waals surface area contributed by atoms with E-state index in [1.807, 2.05) is 0 Å². The average molecular weight is 153 g/mol. The van der Waals surface area contributed by atoms with Crippen molar-refractivity contribution >= 4 is 11.6 Å². The molecular formula is C6H7N3O2. The lowest BCUT2D eigenvalue weighted by atomic mass is 9.94. The summed E-state index contributed by atoms with van der Waals surface area (Å²) >= 11 is 0. The molecule has 0 saturated heterocycles. The third-order valence-corrected chi connectivity index (χ3v) is 1.65. The molecule has 1 rings (SSSR count). The first-order chi connectivity index (χ1) is 5.25. The van der Waals surface area contributed by atoms with Gasteiger partial charge in [0.1, 0.15) is 6.04 Å². The largest absolute Gasteiger partial charge is 0.291 e. The van der Waals surface area contributed by atoms with Crippen LogP contribution in [0.2, 0.25) is 0 Å². The fraction of sp³-hybridized carbons (Fsp3) is 0.667. The van der Waals surface area contributed by atoms with E-state index in [0.29, 0.717) is 19.3 Å². The topological polar surface area (TPSA) is 82.9 Å². The number of azide groups is 1. The van der Waals surface area contributed by atoms with Crippen molar-refractivity contribution < 1.29 is 9.59 Å². The molecule has 0 spiro atoms. The molecule has 5 heteroatoms. The van der Waals surface area contributed by atoms with Crippen molar-refractivity contribution in [3.05, 3.63) is 10.4 Å². The van der Waals surface area contributed by atoms with E-state index < -0.39 is 17.6 Å². The maximum absolute atomic E-state index is 10.9. The lowest BCUT2D eigenvalue weighted by Gasteiger charge is -2.13. The van der Waals surface area contributed by atoms with E-state index in [9.17, 15) is 9.59 Å². The molecule has 0 aromatic rings. The van der Waals surface area contributed by atoms with Crippen LogP contribution in [0, 0.1) is 0 Å². The van der Waals surface area contributed by atoms with Crippen LogP contribution >= 0.6 is 0 Å². The zero-order chi connectivity index (χ0) is 8.27. The van der Waals surface area contributed by atoms with Gasteiger partial charge in [0.05, 0.1) is 0 Å². The average Bonchev–Trinajstić information content (AvgIpc) is 1.99. The number of carbonyl (C=O) groups is 2. The van der Waals surface area contributed by atoms with Gasteiger partial charge in [0.2, 0.25) is 5.78 Å². The van der Waals surface area contributed by atoms with Gasteiger partial charge in [-0.05, 0) is 18.4 Å². The van der Waals surface area contributed by atoms with Crippen molar-refractivity contribution in [2.75, 3.05) is 0 Å². The summed E-state index contributed by atoms with van der Waals surface area (Å²) in [6, 6.07) is -0.735. The Morgan fingerprint density at radius 3 is 2.91 bits per heavy atom. The molecular weight excluding hydrogens is 146 g/mol. The first-order valence-corrected chi connectivity index (χ1v) is 3.37. The number of hydrogen-bond donors (Lipinski definition) is 0. The molecule has 0 heterocycles. The van der Waals surface area contributed by atoms with E-state index in [1.165, 1.54) is 0 Å². The zero-order valence-corrected chi connectivity index (χ0v) is 5.86. The molecule has 0 radical (unpaired) electrons. The molecule has 58 valence electrons. The van der Waals surface area contributed by atoms with Gasteiger partial charge >= 0.3 is 0 Å². The Morgan fingerprint density at radius 2 is 2.27 bits per heavy atom. The van der Waals surface area contributed by atoms with Crippen molar-refractivity contribution in [1.82, 2.24) is 0 Å². The summed E-state index contributed by atoms with van der Waals surface area (Å²) in [5, 5.41) is 3.23. The van der Waals surface area contributed by atoms with Crippen LogP contribution in [-0.4, -0.2) is 17.6 Å². The van der Waals surface area contributed by atoms with Crippen molar-refractivity contribution in [3.63, 3.8) is 0 Å². The molecule has 1 aliphatic carbocycles. The predicted octanol–water partition coefficient (Wildman–Crippen LogP) is 0.987. The van der Waals surface area contributed by atoms with Crippen molar-refractivity contribution in [2.24, 2.45) is 5.11 Å². The lowest BCUT2D eigenvalue weighted by molar-refractivity contribution is -0.138. The van der Waals surface area contributed by atoms with Crippen LogP contribution in [0.15, 0.2) is 5.11 Å². The second-order valence-electron chi connectivity index (χ2n) is 2.40. The minimum absolute atomic E-state index is 0.302. The van der Waals surface area contributed by atoms with Crippen LogP contribution < -0.4 is 0 Å². The first kappa shape index (κ1) is 7.75. The van der Waals surface area contributed by atoms with Gasteiger partial charge in [-0.3, -0.25) is 9.59 Å². The number of rotatable bonds is 1. The fourth-order valence-corrected chi connectivity index (χ4v) is 1.07. The summed E-state index contributed by atoms with van der Waals surface area (Å²) < 4.78 is 0. The highest BCUT2D eigenvalue weighted by atomic mass is 16.2. The third kappa shape index (κ3) is 1.56. The minimum atomic E-state index is -0.735. The third-order valence-electron chi connectivity index (χ3n) is 1.65. The second kappa shape index (κ2) is 3.16. The van der Waals surface area contributed by atoms with Crippen molar-refractivity contribution in [1.29, 1.82) is 0 Å². The van der Waals surface area contributed by atoms with Gasteiger partial charge in [-0.15, -0.1) is 0 Å². The van der Waals surface area contributed by atoms with E-state index in [0.717, 1.165) is 0 Å². The van der Waals surface area contributed by atoms with Gasteiger partial charge in [-0.1, -0.05) is 5.11 Å². The van der Waals surface area contributed by atoms with Crippen LogP contribution in [0.4, 0.5) is 0 Å². The van der Waals surface area contributed by atoms with Crippen LogP contribution in [0.1, 0.15) is 19.3 Å². The summed E-state index contributed by atoms with van der Waals surface area (Å²) in [6.45, 7) is 0. The highest BCUT2D eigenvalue weighted by Gasteiger charge is 2.27.